The Bertz CT molecular complexity index is 650. The smallest absolute Gasteiger partial charge is 0.374 e. The third-order valence-electron chi connectivity index (χ3n) is 3.13. The minimum absolute atomic E-state index is 0.134. The minimum Gasteiger partial charge on any atom is -0.454 e. The number of aromatic amines is 1. The molecule has 2 rings (SSSR count). The summed E-state index contributed by atoms with van der Waals surface area (Å²) in [7, 11) is 0. The van der Waals surface area contributed by atoms with Crippen molar-refractivity contribution >= 4 is 28.4 Å². The van der Waals surface area contributed by atoms with Gasteiger partial charge >= 0.3 is 5.97 Å². The summed E-state index contributed by atoms with van der Waals surface area (Å²) in [5, 5.41) is 0. The molecular formula is C14H20N4O2. The van der Waals surface area contributed by atoms with Crippen LogP contribution in [0.1, 0.15) is 42.5 Å². The van der Waals surface area contributed by atoms with Crippen LogP contribution >= 0.6 is 0 Å². The van der Waals surface area contributed by atoms with Crippen LogP contribution in [0.3, 0.4) is 0 Å². The number of anilines is 2. The maximum absolute atomic E-state index is 12.0. The number of aromatic nitrogens is 2. The van der Waals surface area contributed by atoms with Crippen molar-refractivity contribution in [3.05, 3.63) is 17.0 Å². The van der Waals surface area contributed by atoms with Crippen LogP contribution in [0, 0.1) is 13.8 Å². The third-order valence-corrected chi connectivity index (χ3v) is 3.13. The van der Waals surface area contributed by atoms with Crippen molar-refractivity contribution in [2.24, 2.45) is 0 Å². The summed E-state index contributed by atoms with van der Waals surface area (Å²) in [6, 6.07) is 0. The van der Waals surface area contributed by atoms with E-state index in [0.29, 0.717) is 22.4 Å². The SMILES string of the molecule is Cc1c(N)c(C)c2nc(C(=O)OC(C)(C)C)[nH]c2c1N. The molecule has 0 amide bonds. The van der Waals surface area contributed by atoms with Crippen LogP contribution in [0.4, 0.5) is 11.4 Å². The number of carbonyl (C=O) groups excluding carboxylic acids is 1. The molecular weight excluding hydrogens is 256 g/mol. The number of nitrogens with one attached hydrogen (secondary N) is 1. The van der Waals surface area contributed by atoms with Crippen LogP contribution in [-0.2, 0) is 4.74 Å². The second-order valence-corrected chi connectivity index (χ2v) is 5.89. The maximum Gasteiger partial charge on any atom is 0.374 e. The van der Waals surface area contributed by atoms with Gasteiger partial charge in [-0.1, -0.05) is 0 Å². The first-order valence-electron chi connectivity index (χ1n) is 6.39. The third kappa shape index (κ3) is 2.29. The zero-order valence-electron chi connectivity index (χ0n) is 12.4. The Labute approximate surface area is 117 Å². The lowest BCUT2D eigenvalue weighted by Crippen LogP contribution is -2.24. The second-order valence-electron chi connectivity index (χ2n) is 5.89. The van der Waals surface area contributed by atoms with Gasteiger partial charge in [-0.3, -0.25) is 0 Å². The number of rotatable bonds is 1. The zero-order chi connectivity index (χ0) is 15.2. The Morgan fingerprint density at radius 2 is 1.75 bits per heavy atom. The van der Waals surface area contributed by atoms with Gasteiger partial charge in [-0.05, 0) is 40.2 Å². The zero-order valence-corrected chi connectivity index (χ0v) is 12.4. The van der Waals surface area contributed by atoms with Gasteiger partial charge in [0.05, 0.1) is 16.7 Å². The molecule has 6 heteroatoms. The van der Waals surface area contributed by atoms with E-state index >= 15 is 0 Å². The predicted octanol–water partition coefficient (Wildman–Crippen LogP) is 2.30. The van der Waals surface area contributed by atoms with E-state index in [-0.39, 0.29) is 5.82 Å². The number of aryl methyl sites for hydroxylation is 1. The molecule has 0 radical (unpaired) electrons. The van der Waals surface area contributed by atoms with E-state index in [4.69, 9.17) is 16.2 Å². The molecule has 20 heavy (non-hydrogen) atoms. The van der Waals surface area contributed by atoms with Crippen LogP contribution in [0.2, 0.25) is 0 Å². The van der Waals surface area contributed by atoms with Crippen molar-refractivity contribution in [3.63, 3.8) is 0 Å². The molecule has 0 saturated carbocycles. The summed E-state index contributed by atoms with van der Waals surface area (Å²) in [5.74, 6) is -0.376. The summed E-state index contributed by atoms with van der Waals surface area (Å²) in [6.07, 6.45) is 0. The lowest BCUT2D eigenvalue weighted by molar-refractivity contribution is 0.00572. The van der Waals surface area contributed by atoms with Gasteiger partial charge in [-0.25, -0.2) is 9.78 Å². The first-order valence-corrected chi connectivity index (χ1v) is 6.39. The number of imidazole rings is 1. The Morgan fingerprint density at radius 3 is 2.30 bits per heavy atom. The Hall–Kier alpha value is -2.24. The number of nitrogens with two attached hydrogens (primary N) is 2. The molecule has 0 atom stereocenters. The van der Waals surface area contributed by atoms with Crippen LogP contribution in [0.15, 0.2) is 0 Å². The highest BCUT2D eigenvalue weighted by molar-refractivity contribution is 5.99. The Morgan fingerprint density at radius 1 is 1.15 bits per heavy atom. The quantitative estimate of drug-likeness (QED) is 0.547. The molecule has 0 unspecified atom stereocenters. The Balaban J connectivity index is 2.58. The summed E-state index contributed by atoms with van der Waals surface area (Å²) in [6.45, 7) is 9.09. The van der Waals surface area contributed by atoms with Gasteiger partial charge in [0.2, 0.25) is 5.82 Å². The molecule has 2 aromatic rings. The standard InChI is InChI=1S/C14H20N4O2/c1-6-8(15)7(2)10-11(9(6)16)18-12(17-10)13(19)20-14(3,4)5/h15-16H2,1-5H3,(H,17,18). The molecule has 1 aromatic heterocycles. The number of hydrogen-bond acceptors (Lipinski definition) is 5. The maximum atomic E-state index is 12.0. The van der Waals surface area contributed by atoms with E-state index in [1.54, 1.807) is 20.8 Å². The lowest BCUT2D eigenvalue weighted by atomic mass is 10.1. The molecule has 0 saturated heterocycles. The largest absolute Gasteiger partial charge is 0.454 e. The molecule has 0 fully saturated rings. The van der Waals surface area contributed by atoms with E-state index < -0.39 is 11.6 Å². The van der Waals surface area contributed by atoms with Crippen LogP contribution in [-0.4, -0.2) is 21.5 Å². The predicted molar refractivity (Wildman–Crippen MR) is 79.6 cm³/mol. The van der Waals surface area contributed by atoms with E-state index in [9.17, 15) is 4.79 Å². The number of ether oxygens (including phenoxy) is 1. The van der Waals surface area contributed by atoms with Crippen molar-refractivity contribution < 1.29 is 9.53 Å². The second kappa shape index (κ2) is 4.40. The number of hydrogen-bond donors (Lipinski definition) is 3. The number of carbonyl (C=O) groups is 1. The van der Waals surface area contributed by atoms with Gasteiger partial charge < -0.3 is 21.2 Å². The summed E-state index contributed by atoms with van der Waals surface area (Å²) < 4.78 is 5.29. The normalized spacial score (nSPS) is 11.8. The number of nitrogens with zero attached hydrogens (tertiary/aromatic N) is 1. The average molecular weight is 276 g/mol. The highest BCUT2D eigenvalue weighted by Gasteiger charge is 2.22. The fourth-order valence-corrected chi connectivity index (χ4v) is 2.00. The first-order chi connectivity index (χ1) is 9.11. The van der Waals surface area contributed by atoms with Gasteiger partial charge in [0.15, 0.2) is 0 Å². The number of esters is 1. The number of nitrogen functional groups attached to an aromatic ring is 2. The van der Waals surface area contributed by atoms with Crippen molar-refractivity contribution in [1.82, 2.24) is 9.97 Å². The van der Waals surface area contributed by atoms with Crippen molar-refractivity contribution in [1.29, 1.82) is 0 Å². The summed E-state index contributed by atoms with van der Waals surface area (Å²) in [4.78, 5) is 19.2. The van der Waals surface area contributed by atoms with Gasteiger partial charge in [0, 0.05) is 11.3 Å². The molecule has 1 aromatic carbocycles. The van der Waals surface area contributed by atoms with Gasteiger partial charge in [0.25, 0.3) is 0 Å². The van der Waals surface area contributed by atoms with Gasteiger partial charge in [0.1, 0.15) is 5.60 Å². The first kappa shape index (κ1) is 14.2. The molecule has 0 bridgehead atoms. The fraction of sp³-hybridized carbons (Fsp3) is 0.429. The molecule has 108 valence electrons. The summed E-state index contributed by atoms with van der Waals surface area (Å²) in [5.41, 5.74) is 15.3. The number of H-pyrrole nitrogens is 1. The van der Waals surface area contributed by atoms with Gasteiger partial charge in [-0.15, -0.1) is 0 Å². The van der Waals surface area contributed by atoms with Crippen molar-refractivity contribution in [2.75, 3.05) is 11.5 Å². The highest BCUT2D eigenvalue weighted by Crippen LogP contribution is 2.32. The lowest BCUT2D eigenvalue weighted by Gasteiger charge is -2.18. The summed E-state index contributed by atoms with van der Waals surface area (Å²) >= 11 is 0. The van der Waals surface area contributed by atoms with Crippen molar-refractivity contribution in [2.45, 2.75) is 40.2 Å². The fourth-order valence-electron chi connectivity index (χ4n) is 2.00. The molecule has 5 N–H and O–H groups in total. The van der Waals surface area contributed by atoms with Crippen LogP contribution < -0.4 is 11.5 Å². The van der Waals surface area contributed by atoms with E-state index in [0.717, 1.165) is 11.1 Å². The topological polar surface area (TPSA) is 107 Å². The van der Waals surface area contributed by atoms with Crippen molar-refractivity contribution in [3.8, 4) is 0 Å². The molecule has 0 aliphatic heterocycles. The van der Waals surface area contributed by atoms with E-state index in [1.165, 1.54) is 0 Å². The highest BCUT2D eigenvalue weighted by atomic mass is 16.6. The van der Waals surface area contributed by atoms with Gasteiger partial charge in [-0.2, -0.15) is 0 Å². The molecule has 1 heterocycles. The van der Waals surface area contributed by atoms with E-state index in [1.807, 2.05) is 13.8 Å². The molecule has 0 spiro atoms. The van der Waals surface area contributed by atoms with Crippen LogP contribution in [0.5, 0.6) is 0 Å². The van der Waals surface area contributed by atoms with E-state index in [2.05, 4.69) is 9.97 Å². The number of fused-ring (bicyclic) bond motifs is 1. The van der Waals surface area contributed by atoms with Crippen LogP contribution in [0.25, 0.3) is 11.0 Å². The minimum atomic E-state index is -0.578. The monoisotopic (exact) mass is 276 g/mol. The number of benzene rings is 1. The molecule has 0 aliphatic rings. The average Bonchev–Trinajstić information content (AvgIpc) is 2.77. The molecule has 0 aliphatic carbocycles. The molecule has 6 nitrogen and oxygen atoms in total. The Kier molecular flexibility index (Phi) is 3.12.